The molecule has 0 aromatic rings. The minimum atomic E-state index is 0.186. The lowest BCUT2D eigenvalue weighted by atomic mass is 9.87. The number of nitrogens with zero attached hydrogens (tertiary/aromatic N) is 1. The molecule has 1 fully saturated rings. The van der Waals surface area contributed by atoms with E-state index in [1.54, 1.807) is 0 Å². The van der Waals surface area contributed by atoms with E-state index in [-0.39, 0.29) is 11.8 Å². The van der Waals surface area contributed by atoms with Gasteiger partial charge in [0.25, 0.3) is 0 Å². The molecule has 0 aromatic carbocycles. The number of nitriles is 1. The van der Waals surface area contributed by atoms with Crippen LogP contribution in [-0.2, 0) is 4.79 Å². The lowest BCUT2D eigenvalue weighted by Gasteiger charge is -2.25. The summed E-state index contributed by atoms with van der Waals surface area (Å²) in [7, 11) is 0. The highest BCUT2D eigenvalue weighted by Gasteiger charge is 2.21. The normalized spacial score (nSPS) is 24.4. The molecule has 0 radical (unpaired) electrons. The molecule has 3 nitrogen and oxygen atoms in total. The van der Waals surface area contributed by atoms with E-state index >= 15 is 0 Å². The van der Waals surface area contributed by atoms with Gasteiger partial charge in [0.1, 0.15) is 0 Å². The monoisotopic (exact) mass is 236 g/mol. The van der Waals surface area contributed by atoms with Crippen molar-refractivity contribution in [1.82, 2.24) is 5.32 Å². The molecule has 0 unspecified atom stereocenters. The molecule has 1 aliphatic rings. The summed E-state index contributed by atoms with van der Waals surface area (Å²) in [5.41, 5.74) is 0. The van der Waals surface area contributed by atoms with Gasteiger partial charge in [-0.3, -0.25) is 4.79 Å². The maximum absolute atomic E-state index is 11.7. The molecule has 1 amide bonds. The zero-order valence-electron chi connectivity index (χ0n) is 11.0. The second kappa shape index (κ2) is 7.32. The van der Waals surface area contributed by atoms with Crippen LogP contribution in [0.5, 0.6) is 0 Å². The van der Waals surface area contributed by atoms with E-state index in [9.17, 15) is 4.79 Å². The Hall–Kier alpha value is -1.04. The van der Waals surface area contributed by atoms with Crippen molar-refractivity contribution < 1.29 is 4.79 Å². The number of amides is 1. The molecule has 0 bridgehead atoms. The molecule has 96 valence electrons. The van der Waals surface area contributed by atoms with Crippen LogP contribution in [0.15, 0.2) is 0 Å². The first-order valence-electron chi connectivity index (χ1n) is 6.80. The van der Waals surface area contributed by atoms with Crippen LogP contribution in [-0.4, -0.2) is 11.9 Å². The Kier molecular flexibility index (Phi) is 6.04. The van der Waals surface area contributed by atoms with Gasteiger partial charge in [-0.15, -0.1) is 0 Å². The summed E-state index contributed by atoms with van der Waals surface area (Å²) in [4.78, 5) is 11.7. The largest absolute Gasteiger partial charge is 0.353 e. The summed E-state index contributed by atoms with van der Waals surface area (Å²) in [5.74, 6) is 1.07. The lowest BCUT2D eigenvalue weighted by Crippen LogP contribution is -2.37. The highest BCUT2D eigenvalue weighted by Crippen LogP contribution is 2.23. The maximum atomic E-state index is 11.7. The van der Waals surface area contributed by atoms with Crippen molar-refractivity contribution in [2.75, 3.05) is 0 Å². The summed E-state index contributed by atoms with van der Waals surface area (Å²) in [5, 5.41) is 11.9. The first-order chi connectivity index (χ1) is 8.11. The zero-order valence-corrected chi connectivity index (χ0v) is 11.0. The van der Waals surface area contributed by atoms with Crippen molar-refractivity contribution in [1.29, 1.82) is 5.26 Å². The van der Waals surface area contributed by atoms with E-state index in [1.165, 1.54) is 0 Å². The summed E-state index contributed by atoms with van der Waals surface area (Å²) >= 11 is 0. The molecule has 0 atom stereocenters. The van der Waals surface area contributed by atoms with E-state index in [1.807, 2.05) is 0 Å². The minimum Gasteiger partial charge on any atom is -0.353 e. The van der Waals surface area contributed by atoms with Crippen LogP contribution in [0, 0.1) is 23.2 Å². The van der Waals surface area contributed by atoms with Gasteiger partial charge in [-0.2, -0.15) is 5.26 Å². The van der Waals surface area contributed by atoms with E-state index < -0.39 is 0 Å². The first-order valence-corrected chi connectivity index (χ1v) is 6.80. The average molecular weight is 236 g/mol. The minimum absolute atomic E-state index is 0.186. The molecule has 17 heavy (non-hydrogen) atoms. The smallest absolute Gasteiger partial charge is 0.220 e. The Morgan fingerprint density at radius 3 is 2.53 bits per heavy atom. The number of carbonyl (C=O) groups excluding carboxylic acids is 1. The number of nitrogens with one attached hydrogen (secondary N) is 1. The van der Waals surface area contributed by atoms with E-state index in [4.69, 9.17) is 5.26 Å². The molecule has 3 heteroatoms. The van der Waals surface area contributed by atoms with E-state index in [0.717, 1.165) is 38.5 Å². The van der Waals surface area contributed by atoms with Crippen LogP contribution >= 0.6 is 0 Å². The van der Waals surface area contributed by atoms with Crippen molar-refractivity contribution >= 4 is 5.91 Å². The standard InChI is InChI=1S/C14H24N2O/c1-11(2)4-3-5-14(17)16-13-8-6-12(10-15)7-9-13/h11-13H,3-9H2,1-2H3,(H,16,17). The molecule has 0 heterocycles. The Bertz CT molecular complexity index is 272. The Morgan fingerprint density at radius 2 is 2.00 bits per heavy atom. The molecule has 0 saturated heterocycles. The summed E-state index contributed by atoms with van der Waals surface area (Å²) in [6.45, 7) is 4.36. The predicted molar refractivity (Wildman–Crippen MR) is 68.2 cm³/mol. The number of hydrogen-bond donors (Lipinski definition) is 1. The molecule has 1 N–H and O–H groups in total. The Labute approximate surface area is 105 Å². The molecule has 1 saturated carbocycles. The first kappa shape index (κ1) is 14.0. The Balaban J connectivity index is 2.13. The van der Waals surface area contributed by atoms with Crippen LogP contribution in [0.1, 0.15) is 58.8 Å². The van der Waals surface area contributed by atoms with Crippen molar-refractivity contribution in [2.24, 2.45) is 11.8 Å². The molecule has 1 rings (SSSR count). The molecule has 0 spiro atoms. The number of rotatable bonds is 5. The van der Waals surface area contributed by atoms with Gasteiger partial charge in [-0.05, 0) is 38.0 Å². The van der Waals surface area contributed by atoms with Crippen LogP contribution in [0.25, 0.3) is 0 Å². The van der Waals surface area contributed by atoms with Gasteiger partial charge in [0, 0.05) is 18.4 Å². The number of hydrogen-bond acceptors (Lipinski definition) is 2. The molecular weight excluding hydrogens is 212 g/mol. The SMILES string of the molecule is CC(C)CCCC(=O)NC1CCC(C#N)CC1. The van der Waals surface area contributed by atoms with Crippen LogP contribution in [0.3, 0.4) is 0 Å². The van der Waals surface area contributed by atoms with Gasteiger partial charge in [0.15, 0.2) is 0 Å². The zero-order chi connectivity index (χ0) is 12.7. The fourth-order valence-electron chi connectivity index (χ4n) is 2.34. The third-order valence-electron chi connectivity index (χ3n) is 3.46. The van der Waals surface area contributed by atoms with Crippen LogP contribution in [0.2, 0.25) is 0 Å². The predicted octanol–water partition coefficient (Wildman–Crippen LogP) is 3.01. The van der Waals surface area contributed by atoms with Crippen LogP contribution in [0.4, 0.5) is 0 Å². The summed E-state index contributed by atoms with van der Waals surface area (Å²) in [6.07, 6.45) is 6.56. The summed E-state index contributed by atoms with van der Waals surface area (Å²) < 4.78 is 0. The molecule has 0 aliphatic heterocycles. The van der Waals surface area contributed by atoms with Gasteiger partial charge in [0.05, 0.1) is 6.07 Å². The van der Waals surface area contributed by atoms with Gasteiger partial charge in [-0.25, -0.2) is 0 Å². The maximum Gasteiger partial charge on any atom is 0.220 e. The van der Waals surface area contributed by atoms with Crippen LogP contribution < -0.4 is 5.32 Å². The van der Waals surface area contributed by atoms with E-state index in [2.05, 4.69) is 25.2 Å². The molecule has 1 aliphatic carbocycles. The molecule has 0 aromatic heterocycles. The second-order valence-electron chi connectivity index (χ2n) is 5.53. The fraction of sp³-hybridized carbons (Fsp3) is 0.857. The second-order valence-corrected chi connectivity index (χ2v) is 5.53. The van der Waals surface area contributed by atoms with Crippen molar-refractivity contribution in [3.8, 4) is 6.07 Å². The quantitative estimate of drug-likeness (QED) is 0.797. The fourth-order valence-corrected chi connectivity index (χ4v) is 2.34. The number of carbonyl (C=O) groups is 1. The highest BCUT2D eigenvalue weighted by atomic mass is 16.1. The Morgan fingerprint density at radius 1 is 1.35 bits per heavy atom. The topological polar surface area (TPSA) is 52.9 Å². The highest BCUT2D eigenvalue weighted by molar-refractivity contribution is 5.76. The molecular formula is C14H24N2O. The van der Waals surface area contributed by atoms with E-state index in [0.29, 0.717) is 18.4 Å². The lowest BCUT2D eigenvalue weighted by molar-refractivity contribution is -0.122. The van der Waals surface area contributed by atoms with Gasteiger partial charge in [-0.1, -0.05) is 20.3 Å². The van der Waals surface area contributed by atoms with Gasteiger partial charge >= 0.3 is 0 Å². The van der Waals surface area contributed by atoms with Crippen molar-refractivity contribution in [3.05, 3.63) is 0 Å². The van der Waals surface area contributed by atoms with Crippen molar-refractivity contribution in [2.45, 2.75) is 64.8 Å². The average Bonchev–Trinajstić information content (AvgIpc) is 2.29. The third-order valence-corrected chi connectivity index (χ3v) is 3.46. The summed E-state index contributed by atoms with van der Waals surface area (Å²) in [6, 6.07) is 2.62. The van der Waals surface area contributed by atoms with Gasteiger partial charge in [0.2, 0.25) is 5.91 Å². The van der Waals surface area contributed by atoms with Gasteiger partial charge < -0.3 is 5.32 Å². The third kappa shape index (κ3) is 5.72. The van der Waals surface area contributed by atoms with Crippen molar-refractivity contribution in [3.63, 3.8) is 0 Å².